The van der Waals surface area contributed by atoms with E-state index in [1.807, 2.05) is 24.3 Å². The minimum atomic E-state index is 0.303. The topological polar surface area (TPSA) is 61.0 Å². The molecule has 0 radical (unpaired) electrons. The molecule has 0 fully saturated rings. The Morgan fingerprint density at radius 2 is 2.06 bits per heavy atom. The Labute approximate surface area is 102 Å². The first-order valence-electron chi connectivity index (χ1n) is 4.73. The van der Waals surface area contributed by atoms with E-state index in [1.165, 1.54) is 0 Å². The Balaban J connectivity index is 2.26. The van der Waals surface area contributed by atoms with Gasteiger partial charge in [-0.2, -0.15) is 0 Å². The van der Waals surface area contributed by atoms with Crippen LogP contribution in [-0.4, -0.2) is 9.97 Å². The summed E-state index contributed by atoms with van der Waals surface area (Å²) in [7, 11) is 0. The fourth-order valence-corrected chi connectivity index (χ4v) is 1.60. The zero-order chi connectivity index (χ0) is 11.4. The summed E-state index contributed by atoms with van der Waals surface area (Å²) < 4.78 is 6.54. The fourth-order valence-electron chi connectivity index (χ4n) is 1.22. The summed E-state index contributed by atoms with van der Waals surface area (Å²) in [5.41, 5.74) is 6.18. The monoisotopic (exact) mass is 279 g/mol. The number of nitrogens with zero attached hydrogens (tertiary/aromatic N) is 2. The summed E-state index contributed by atoms with van der Waals surface area (Å²) in [6.07, 6.45) is 3.17. The lowest BCUT2D eigenvalue weighted by Crippen LogP contribution is -2.03. The molecule has 16 heavy (non-hydrogen) atoms. The van der Waals surface area contributed by atoms with E-state index in [9.17, 15) is 0 Å². The van der Waals surface area contributed by atoms with Crippen LogP contribution >= 0.6 is 15.9 Å². The van der Waals surface area contributed by atoms with E-state index >= 15 is 0 Å². The van der Waals surface area contributed by atoms with E-state index in [0.717, 1.165) is 4.47 Å². The highest BCUT2D eigenvalue weighted by Gasteiger charge is 2.05. The van der Waals surface area contributed by atoms with Crippen LogP contribution in [0.1, 0.15) is 5.69 Å². The summed E-state index contributed by atoms with van der Waals surface area (Å²) in [6.45, 7) is 0.303. The van der Waals surface area contributed by atoms with Crippen molar-refractivity contribution in [2.45, 2.75) is 6.54 Å². The lowest BCUT2D eigenvalue weighted by atomic mass is 10.3. The van der Waals surface area contributed by atoms with Gasteiger partial charge >= 0.3 is 0 Å². The van der Waals surface area contributed by atoms with E-state index in [2.05, 4.69) is 25.9 Å². The van der Waals surface area contributed by atoms with E-state index in [1.54, 1.807) is 12.4 Å². The summed E-state index contributed by atoms with van der Waals surface area (Å²) in [5, 5.41) is 0. The molecule has 82 valence electrons. The smallest absolute Gasteiger partial charge is 0.242 e. The molecule has 0 amide bonds. The highest BCUT2D eigenvalue weighted by atomic mass is 79.9. The molecule has 1 aromatic heterocycles. The number of nitrogens with two attached hydrogens (primary N) is 1. The van der Waals surface area contributed by atoms with Crippen molar-refractivity contribution in [1.82, 2.24) is 9.97 Å². The third-order valence-electron chi connectivity index (χ3n) is 1.94. The average Bonchev–Trinajstić information content (AvgIpc) is 2.30. The van der Waals surface area contributed by atoms with Gasteiger partial charge in [0.25, 0.3) is 0 Å². The number of rotatable bonds is 3. The first-order chi connectivity index (χ1) is 7.79. The Morgan fingerprint density at radius 1 is 1.25 bits per heavy atom. The molecule has 0 saturated carbocycles. The predicted molar refractivity (Wildman–Crippen MR) is 64.1 cm³/mol. The molecule has 1 aromatic carbocycles. The molecular weight excluding hydrogens is 270 g/mol. The minimum absolute atomic E-state index is 0.303. The molecule has 1 heterocycles. The van der Waals surface area contributed by atoms with Crippen LogP contribution in [0.5, 0.6) is 11.6 Å². The molecule has 2 aromatic rings. The van der Waals surface area contributed by atoms with Crippen molar-refractivity contribution in [2.24, 2.45) is 5.73 Å². The SMILES string of the molecule is NCc1nccnc1Oc1cccc(Br)c1. The van der Waals surface area contributed by atoms with Crippen molar-refractivity contribution >= 4 is 15.9 Å². The van der Waals surface area contributed by atoms with Gasteiger partial charge in [-0.05, 0) is 18.2 Å². The van der Waals surface area contributed by atoms with Gasteiger partial charge < -0.3 is 10.5 Å². The van der Waals surface area contributed by atoms with Crippen LogP contribution in [-0.2, 0) is 6.54 Å². The second-order valence-electron chi connectivity index (χ2n) is 3.07. The third kappa shape index (κ3) is 2.56. The number of aromatic nitrogens is 2. The number of hydrogen-bond donors (Lipinski definition) is 1. The maximum atomic E-state index is 5.60. The van der Waals surface area contributed by atoms with E-state index in [4.69, 9.17) is 10.5 Å². The Kier molecular flexibility index (Phi) is 3.48. The number of benzene rings is 1. The van der Waals surface area contributed by atoms with E-state index in [0.29, 0.717) is 23.9 Å². The van der Waals surface area contributed by atoms with Gasteiger partial charge in [0.15, 0.2) is 0 Å². The maximum absolute atomic E-state index is 5.60. The largest absolute Gasteiger partial charge is 0.437 e. The van der Waals surface area contributed by atoms with Crippen LogP contribution in [0.4, 0.5) is 0 Å². The highest BCUT2D eigenvalue weighted by Crippen LogP contribution is 2.24. The van der Waals surface area contributed by atoms with E-state index < -0.39 is 0 Å². The molecule has 2 rings (SSSR count). The Hall–Kier alpha value is -1.46. The first-order valence-corrected chi connectivity index (χ1v) is 5.52. The maximum Gasteiger partial charge on any atom is 0.242 e. The molecule has 4 nitrogen and oxygen atoms in total. The summed E-state index contributed by atoms with van der Waals surface area (Å²) >= 11 is 3.37. The molecule has 0 spiro atoms. The van der Waals surface area contributed by atoms with Gasteiger partial charge in [0.2, 0.25) is 5.88 Å². The quantitative estimate of drug-likeness (QED) is 0.938. The summed E-state index contributed by atoms with van der Waals surface area (Å²) in [6, 6.07) is 7.51. The second kappa shape index (κ2) is 5.05. The molecular formula is C11H10BrN3O. The van der Waals surface area contributed by atoms with Gasteiger partial charge in [-0.1, -0.05) is 22.0 Å². The zero-order valence-corrected chi connectivity index (χ0v) is 10.0. The molecule has 2 N–H and O–H groups in total. The lowest BCUT2D eigenvalue weighted by Gasteiger charge is -2.07. The molecule has 0 aliphatic rings. The fraction of sp³-hybridized carbons (Fsp3) is 0.0909. The molecule has 0 atom stereocenters. The van der Waals surface area contributed by atoms with Gasteiger partial charge in [-0.15, -0.1) is 0 Å². The third-order valence-corrected chi connectivity index (χ3v) is 2.43. The van der Waals surface area contributed by atoms with Crippen LogP contribution in [0.15, 0.2) is 41.1 Å². The van der Waals surface area contributed by atoms with Gasteiger partial charge in [0.05, 0.1) is 0 Å². The van der Waals surface area contributed by atoms with E-state index in [-0.39, 0.29) is 0 Å². The van der Waals surface area contributed by atoms with Crippen molar-refractivity contribution in [1.29, 1.82) is 0 Å². The molecule has 0 saturated heterocycles. The Bertz CT molecular complexity index is 490. The normalized spacial score (nSPS) is 10.1. The van der Waals surface area contributed by atoms with Crippen molar-refractivity contribution in [2.75, 3.05) is 0 Å². The number of hydrogen-bond acceptors (Lipinski definition) is 4. The molecule has 0 unspecified atom stereocenters. The van der Waals surface area contributed by atoms with Crippen LogP contribution in [0.25, 0.3) is 0 Å². The number of ether oxygens (including phenoxy) is 1. The molecule has 0 aliphatic carbocycles. The summed E-state index contributed by atoms with van der Waals surface area (Å²) in [5.74, 6) is 1.15. The van der Waals surface area contributed by atoms with Gasteiger partial charge in [-0.25, -0.2) is 4.98 Å². The Morgan fingerprint density at radius 3 is 2.81 bits per heavy atom. The van der Waals surface area contributed by atoms with Crippen LogP contribution in [0.2, 0.25) is 0 Å². The van der Waals surface area contributed by atoms with Crippen molar-refractivity contribution < 1.29 is 4.74 Å². The van der Waals surface area contributed by atoms with Crippen LogP contribution in [0, 0.1) is 0 Å². The average molecular weight is 280 g/mol. The molecule has 0 bridgehead atoms. The summed E-state index contributed by atoms with van der Waals surface area (Å²) in [4.78, 5) is 8.19. The number of halogens is 1. The van der Waals surface area contributed by atoms with Crippen molar-refractivity contribution in [3.8, 4) is 11.6 Å². The van der Waals surface area contributed by atoms with Crippen LogP contribution in [0.3, 0.4) is 0 Å². The first kappa shape index (κ1) is 11.0. The standard InChI is InChI=1S/C11H10BrN3O/c12-8-2-1-3-9(6-8)16-11-10(7-13)14-4-5-15-11/h1-6H,7,13H2. The van der Waals surface area contributed by atoms with Crippen LogP contribution < -0.4 is 10.5 Å². The highest BCUT2D eigenvalue weighted by molar-refractivity contribution is 9.10. The molecule has 0 aliphatic heterocycles. The van der Waals surface area contributed by atoms with Crippen molar-refractivity contribution in [3.63, 3.8) is 0 Å². The second-order valence-corrected chi connectivity index (χ2v) is 3.99. The zero-order valence-electron chi connectivity index (χ0n) is 8.43. The molecule has 5 heteroatoms. The van der Waals surface area contributed by atoms with Gasteiger partial charge in [0.1, 0.15) is 11.4 Å². The van der Waals surface area contributed by atoms with Gasteiger partial charge in [0, 0.05) is 23.4 Å². The van der Waals surface area contributed by atoms with Crippen molar-refractivity contribution in [3.05, 3.63) is 46.8 Å². The minimum Gasteiger partial charge on any atom is -0.437 e. The lowest BCUT2D eigenvalue weighted by molar-refractivity contribution is 0.452. The predicted octanol–water partition coefficient (Wildman–Crippen LogP) is 2.49. The van der Waals surface area contributed by atoms with Gasteiger partial charge in [-0.3, -0.25) is 4.98 Å².